The SMILES string of the molecule is C=CN(C)/N=C(\N)c1ccc(S(=O)(=O)O)cn1. The smallest absolute Gasteiger partial charge is 0.296 e. The quantitative estimate of drug-likeness (QED) is 0.340. The molecule has 0 radical (unpaired) electrons. The highest BCUT2D eigenvalue weighted by Crippen LogP contribution is 2.07. The number of pyridine rings is 1. The van der Waals surface area contributed by atoms with E-state index in [2.05, 4.69) is 16.7 Å². The van der Waals surface area contributed by atoms with Crippen molar-refractivity contribution in [2.75, 3.05) is 7.05 Å². The molecule has 1 heterocycles. The van der Waals surface area contributed by atoms with Gasteiger partial charge in [0.05, 0.1) is 0 Å². The van der Waals surface area contributed by atoms with E-state index in [1.807, 2.05) is 0 Å². The van der Waals surface area contributed by atoms with Crippen molar-refractivity contribution in [3.05, 3.63) is 36.8 Å². The third kappa shape index (κ3) is 3.54. The normalized spacial score (nSPS) is 12.2. The Morgan fingerprint density at radius 1 is 1.65 bits per heavy atom. The Bertz CT molecular complexity index is 536. The summed E-state index contributed by atoms with van der Waals surface area (Å²) in [4.78, 5) is 3.48. The molecule has 0 aliphatic heterocycles. The summed E-state index contributed by atoms with van der Waals surface area (Å²) in [6, 6.07) is 2.53. The summed E-state index contributed by atoms with van der Waals surface area (Å²) in [5.74, 6) is 0.106. The predicted octanol–water partition coefficient (Wildman–Crippen LogP) is 0.0239. The molecule has 1 aromatic heterocycles. The molecular weight excluding hydrogens is 244 g/mol. The van der Waals surface area contributed by atoms with Gasteiger partial charge in [0, 0.05) is 19.4 Å². The monoisotopic (exact) mass is 256 g/mol. The van der Waals surface area contributed by atoms with E-state index >= 15 is 0 Å². The van der Waals surface area contributed by atoms with Gasteiger partial charge in [0.2, 0.25) is 0 Å². The second-order valence-corrected chi connectivity index (χ2v) is 4.52. The minimum atomic E-state index is -4.24. The third-order valence-electron chi connectivity index (χ3n) is 1.83. The van der Waals surface area contributed by atoms with Gasteiger partial charge in [-0.05, 0) is 12.1 Å². The Morgan fingerprint density at radius 2 is 2.29 bits per heavy atom. The highest BCUT2D eigenvalue weighted by molar-refractivity contribution is 7.85. The van der Waals surface area contributed by atoms with Gasteiger partial charge in [-0.1, -0.05) is 6.58 Å². The standard InChI is InChI=1S/C9H12N4O3S/c1-3-13(2)12-9(10)8-5-4-7(6-11-8)17(14,15)16/h3-6H,1H2,2H3,(H2,10,12)(H,14,15,16). The Labute approximate surface area is 99.0 Å². The van der Waals surface area contributed by atoms with Gasteiger partial charge >= 0.3 is 0 Å². The maximum atomic E-state index is 10.8. The molecule has 1 rings (SSSR count). The van der Waals surface area contributed by atoms with E-state index in [4.69, 9.17) is 10.3 Å². The molecule has 0 amide bonds. The highest BCUT2D eigenvalue weighted by Gasteiger charge is 2.10. The van der Waals surface area contributed by atoms with Gasteiger partial charge in [0.25, 0.3) is 10.1 Å². The van der Waals surface area contributed by atoms with Crippen LogP contribution in [-0.4, -0.2) is 35.8 Å². The van der Waals surface area contributed by atoms with Gasteiger partial charge in [-0.3, -0.25) is 14.5 Å². The van der Waals surface area contributed by atoms with Crippen LogP contribution in [0.5, 0.6) is 0 Å². The first-order valence-corrected chi connectivity index (χ1v) is 5.92. The topological polar surface area (TPSA) is 109 Å². The largest absolute Gasteiger partial charge is 0.380 e. The average molecular weight is 256 g/mol. The molecule has 0 spiro atoms. The molecule has 0 unspecified atom stereocenters. The molecule has 0 fully saturated rings. The number of hydrogen-bond donors (Lipinski definition) is 2. The highest BCUT2D eigenvalue weighted by atomic mass is 32.2. The predicted molar refractivity (Wildman–Crippen MR) is 62.7 cm³/mol. The Balaban J connectivity index is 3.03. The summed E-state index contributed by atoms with van der Waals surface area (Å²) in [5, 5.41) is 5.28. The number of amidine groups is 1. The van der Waals surface area contributed by atoms with Crippen LogP contribution in [0, 0.1) is 0 Å². The summed E-state index contributed by atoms with van der Waals surface area (Å²) < 4.78 is 30.3. The van der Waals surface area contributed by atoms with E-state index in [-0.39, 0.29) is 10.7 Å². The Morgan fingerprint density at radius 3 is 2.71 bits per heavy atom. The molecule has 7 nitrogen and oxygen atoms in total. The van der Waals surface area contributed by atoms with Gasteiger partial charge in [0.1, 0.15) is 10.6 Å². The van der Waals surface area contributed by atoms with E-state index in [0.717, 1.165) is 6.20 Å². The first kappa shape index (κ1) is 13.1. The molecule has 92 valence electrons. The van der Waals surface area contributed by atoms with Crippen molar-refractivity contribution in [3.8, 4) is 0 Å². The zero-order valence-electron chi connectivity index (χ0n) is 9.11. The van der Waals surface area contributed by atoms with Crippen LogP contribution in [0.3, 0.4) is 0 Å². The second-order valence-electron chi connectivity index (χ2n) is 3.10. The first-order valence-electron chi connectivity index (χ1n) is 4.48. The molecule has 0 saturated carbocycles. The maximum absolute atomic E-state index is 10.8. The number of hydrogen-bond acceptors (Lipinski definition) is 5. The second kappa shape index (κ2) is 4.93. The molecule has 0 bridgehead atoms. The van der Waals surface area contributed by atoms with Gasteiger partial charge in [-0.25, -0.2) is 0 Å². The van der Waals surface area contributed by atoms with Gasteiger partial charge in [0.15, 0.2) is 5.84 Å². The summed E-state index contributed by atoms with van der Waals surface area (Å²) in [6.45, 7) is 3.48. The zero-order valence-corrected chi connectivity index (χ0v) is 9.92. The molecule has 8 heteroatoms. The molecule has 0 aliphatic carbocycles. The van der Waals surface area contributed by atoms with Crippen molar-refractivity contribution in [3.63, 3.8) is 0 Å². The molecule has 0 atom stereocenters. The molecular formula is C9H12N4O3S. The lowest BCUT2D eigenvalue weighted by Crippen LogP contribution is -2.19. The van der Waals surface area contributed by atoms with E-state index < -0.39 is 10.1 Å². The zero-order chi connectivity index (χ0) is 13.1. The Kier molecular flexibility index (Phi) is 3.81. The lowest BCUT2D eigenvalue weighted by molar-refractivity contribution is 0.482. The van der Waals surface area contributed by atoms with Gasteiger partial charge < -0.3 is 5.73 Å². The van der Waals surface area contributed by atoms with E-state index in [0.29, 0.717) is 5.69 Å². The van der Waals surface area contributed by atoms with Crippen LogP contribution >= 0.6 is 0 Å². The van der Waals surface area contributed by atoms with Crippen molar-refractivity contribution >= 4 is 16.0 Å². The molecule has 0 saturated heterocycles. The van der Waals surface area contributed by atoms with Crippen molar-refractivity contribution in [1.82, 2.24) is 9.99 Å². The number of aromatic nitrogens is 1. The van der Waals surface area contributed by atoms with Crippen LogP contribution in [-0.2, 0) is 10.1 Å². The lowest BCUT2D eigenvalue weighted by atomic mass is 10.3. The van der Waals surface area contributed by atoms with Crippen LogP contribution in [0.2, 0.25) is 0 Å². The fraction of sp³-hybridized carbons (Fsp3) is 0.111. The molecule has 0 aliphatic rings. The molecule has 1 aromatic rings. The number of rotatable bonds is 4. The fourth-order valence-corrected chi connectivity index (χ4v) is 1.37. The van der Waals surface area contributed by atoms with Crippen molar-refractivity contribution in [2.24, 2.45) is 10.8 Å². The van der Waals surface area contributed by atoms with E-state index in [9.17, 15) is 8.42 Å². The van der Waals surface area contributed by atoms with Gasteiger partial charge in [-0.15, -0.1) is 0 Å². The number of nitrogens with zero attached hydrogens (tertiary/aromatic N) is 3. The van der Waals surface area contributed by atoms with Crippen LogP contribution in [0.15, 0.2) is 41.1 Å². The minimum Gasteiger partial charge on any atom is -0.380 e. The van der Waals surface area contributed by atoms with E-state index in [1.54, 1.807) is 7.05 Å². The lowest BCUT2D eigenvalue weighted by Gasteiger charge is -2.07. The van der Waals surface area contributed by atoms with Crippen molar-refractivity contribution in [1.29, 1.82) is 0 Å². The van der Waals surface area contributed by atoms with Gasteiger partial charge in [-0.2, -0.15) is 13.5 Å². The van der Waals surface area contributed by atoms with Crippen LogP contribution in [0.25, 0.3) is 0 Å². The third-order valence-corrected chi connectivity index (χ3v) is 2.66. The van der Waals surface area contributed by atoms with Crippen LogP contribution in [0.1, 0.15) is 5.69 Å². The summed E-state index contributed by atoms with van der Waals surface area (Å²) in [6.07, 6.45) is 2.44. The summed E-state index contributed by atoms with van der Waals surface area (Å²) in [7, 11) is -2.61. The Hall–Kier alpha value is -1.93. The molecule has 3 N–H and O–H groups in total. The van der Waals surface area contributed by atoms with Crippen LogP contribution < -0.4 is 5.73 Å². The van der Waals surface area contributed by atoms with E-state index in [1.165, 1.54) is 23.3 Å². The molecule has 17 heavy (non-hydrogen) atoms. The number of nitrogens with two attached hydrogens (primary N) is 1. The van der Waals surface area contributed by atoms with Crippen LogP contribution in [0.4, 0.5) is 0 Å². The summed E-state index contributed by atoms with van der Waals surface area (Å²) in [5.41, 5.74) is 5.91. The molecule has 0 aromatic carbocycles. The number of hydrazone groups is 1. The van der Waals surface area contributed by atoms with Crippen molar-refractivity contribution < 1.29 is 13.0 Å². The summed E-state index contributed by atoms with van der Waals surface area (Å²) >= 11 is 0. The van der Waals surface area contributed by atoms with Crippen molar-refractivity contribution in [2.45, 2.75) is 4.90 Å². The maximum Gasteiger partial charge on any atom is 0.296 e. The first-order chi connectivity index (χ1) is 7.84. The average Bonchev–Trinajstić information content (AvgIpc) is 2.27. The minimum absolute atomic E-state index is 0.106. The fourth-order valence-electron chi connectivity index (χ4n) is 0.946.